The molecule has 27 heavy (non-hydrogen) atoms. The Morgan fingerprint density at radius 2 is 2.04 bits per heavy atom. The highest BCUT2D eigenvalue weighted by Gasteiger charge is 2.48. The van der Waals surface area contributed by atoms with Gasteiger partial charge in [0.15, 0.2) is 12.6 Å². The predicted octanol–water partition coefficient (Wildman–Crippen LogP) is 2.25. The molecule has 0 aromatic heterocycles. The molecular weight excluding hydrogens is 348 g/mol. The zero-order valence-electron chi connectivity index (χ0n) is 15.3. The van der Waals surface area contributed by atoms with E-state index in [0.717, 1.165) is 11.1 Å². The maximum Gasteiger partial charge on any atom is 0.184 e. The third-order valence-corrected chi connectivity index (χ3v) is 4.54. The highest BCUT2D eigenvalue weighted by atomic mass is 16.8. The van der Waals surface area contributed by atoms with Gasteiger partial charge in [-0.2, -0.15) is 0 Å². The molecule has 3 rings (SSSR count). The summed E-state index contributed by atoms with van der Waals surface area (Å²) in [6, 6.07) is 9.54. The van der Waals surface area contributed by atoms with Crippen LogP contribution in [0.4, 0.5) is 0 Å². The van der Waals surface area contributed by atoms with Crippen LogP contribution in [0.2, 0.25) is 0 Å². The van der Waals surface area contributed by atoms with Crippen molar-refractivity contribution in [2.24, 2.45) is 0 Å². The van der Waals surface area contributed by atoms with Crippen molar-refractivity contribution in [2.75, 3.05) is 13.2 Å². The monoisotopic (exact) mass is 374 g/mol. The predicted molar refractivity (Wildman–Crippen MR) is 99.7 cm³/mol. The smallest absolute Gasteiger partial charge is 0.184 e. The van der Waals surface area contributed by atoms with Gasteiger partial charge in [-0.15, -0.1) is 0 Å². The lowest BCUT2D eigenvalue weighted by Gasteiger charge is -2.47. The molecule has 2 N–H and O–H groups in total. The average molecular weight is 374 g/mol. The van der Waals surface area contributed by atoms with Crippen LogP contribution in [0, 0.1) is 0 Å². The molecule has 2 aliphatic rings. The Morgan fingerprint density at radius 3 is 2.70 bits per heavy atom. The lowest BCUT2D eigenvalue weighted by molar-refractivity contribution is -0.362. The van der Waals surface area contributed by atoms with E-state index in [-0.39, 0.29) is 6.61 Å². The molecule has 1 aromatic carbocycles. The van der Waals surface area contributed by atoms with Crippen molar-refractivity contribution >= 4 is 0 Å². The maximum absolute atomic E-state index is 10.3. The van der Waals surface area contributed by atoms with Crippen LogP contribution in [0.25, 0.3) is 0 Å². The van der Waals surface area contributed by atoms with Crippen molar-refractivity contribution in [2.45, 2.75) is 43.9 Å². The second kappa shape index (κ2) is 9.41. The topological polar surface area (TPSA) is 77.4 Å². The molecule has 2 aliphatic heterocycles. The number of ether oxygens (including phenoxy) is 4. The standard InChI is InChI=1S/C21H26O6/c1-3-8-14(9-4-2)21-25-17-13-24-20(15-10-6-5-7-11-15)27-19(17)18(26-21)16(23)12-22/h3-11,16-23H,1,12-13H2,2H3/b9-4-,14-8+. The van der Waals surface area contributed by atoms with Crippen LogP contribution in [0.3, 0.4) is 0 Å². The second-order valence-corrected chi connectivity index (χ2v) is 6.44. The van der Waals surface area contributed by atoms with Crippen molar-refractivity contribution in [3.63, 3.8) is 0 Å². The van der Waals surface area contributed by atoms with Gasteiger partial charge in [0.05, 0.1) is 13.2 Å². The molecule has 6 nitrogen and oxygen atoms in total. The second-order valence-electron chi connectivity index (χ2n) is 6.44. The minimum atomic E-state index is -1.10. The van der Waals surface area contributed by atoms with Gasteiger partial charge in [0.1, 0.15) is 24.4 Å². The minimum Gasteiger partial charge on any atom is -0.394 e. The van der Waals surface area contributed by atoms with Crippen LogP contribution in [0.1, 0.15) is 18.8 Å². The van der Waals surface area contributed by atoms with Crippen molar-refractivity contribution in [1.29, 1.82) is 0 Å². The van der Waals surface area contributed by atoms with Crippen LogP contribution >= 0.6 is 0 Å². The average Bonchev–Trinajstić information content (AvgIpc) is 2.72. The van der Waals surface area contributed by atoms with Crippen LogP contribution in [0.15, 0.2) is 66.8 Å². The Hall–Kier alpha value is -1.80. The lowest BCUT2D eigenvalue weighted by Crippen LogP contribution is -2.60. The SMILES string of the molecule is C=C/C=C(\C=C/C)C1OC2COC(c3ccccc3)OC2C(C(O)CO)O1. The molecule has 146 valence electrons. The van der Waals surface area contributed by atoms with E-state index in [1.165, 1.54) is 0 Å². The number of allylic oxidation sites excluding steroid dienone is 3. The van der Waals surface area contributed by atoms with Gasteiger partial charge in [0, 0.05) is 11.1 Å². The van der Waals surface area contributed by atoms with Gasteiger partial charge in [0.25, 0.3) is 0 Å². The zero-order chi connectivity index (χ0) is 19.2. The zero-order valence-corrected chi connectivity index (χ0v) is 15.3. The number of hydrogen-bond acceptors (Lipinski definition) is 6. The van der Waals surface area contributed by atoms with Gasteiger partial charge < -0.3 is 29.2 Å². The molecule has 6 atom stereocenters. The molecule has 0 bridgehead atoms. The summed E-state index contributed by atoms with van der Waals surface area (Å²) in [7, 11) is 0. The molecule has 2 heterocycles. The number of hydrogen-bond donors (Lipinski definition) is 2. The lowest BCUT2D eigenvalue weighted by atomic mass is 9.99. The summed E-state index contributed by atoms with van der Waals surface area (Å²) in [5.74, 6) is 0. The summed E-state index contributed by atoms with van der Waals surface area (Å²) in [5, 5.41) is 19.8. The number of fused-ring (bicyclic) bond motifs is 1. The number of aliphatic hydroxyl groups is 2. The quantitative estimate of drug-likeness (QED) is 0.744. The third kappa shape index (κ3) is 4.55. The molecule has 2 saturated heterocycles. The van der Waals surface area contributed by atoms with Crippen molar-refractivity contribution < 1.29 is 29.2 Å². The van der Waals surface area contributed by atoms with E-state index < -0.39 is 43.6 Å². The highest BCUT2D eigenvalue weighted by Crippen LogP contribution is 2.36. The number of aliphatic hydroxyl groups excluding tert-OH is 2. The van der Waals surface area contributed by atoms with Crippen molar-refractivity contribution in [3.8, 4) is 0 Å². The summed E-state index contributed by atoms with van der Waals surface area (Å²) in [4.78, 5) is 0. The van der Waals surface area contributed by atoms with Gasteiger partial charge in [-0.25, -0.2) is 0 Å². The van der Waals surface area contributed by atoms with Gasteiger partial charge >= 0.3 is 0 Å². The number of rotatable bonds is 6. The van der Waals surface area contributed by atoms with E-state index in [0.29, 0.717) is 0 Å². The highest BCUT2D eigenvalue weighted by molar-refractivity contribution is 5.26. The van der Waals surface area contributed by atoms with E-state index in [4.69, 9.17) is 18.9 Å². The maximum atomic E-state index is 10.3. The van der Waals surface area contributed by atoms with Crippen LogP contribution in [-0.4, -0.2) is 54.1 Å². The van der Waals surface area contributed by atoms with Gasteiger partial charge in [-0.3, -0.25) is 0 Å². The minimum absolute atomic E-state index is 0.288. The van der Waals surface area contributed by atoms with Crippen LogP contribution < -0.4 is 0 Å². The van der Waals surface area contributed by atoms with Crippen LogP contribution in [0.5, 0.6) is 0 Å². The first-order chi connectivity index (χ1) is 13.2. The largest absolute Gasteiger partial charge is 0.394 e. The van der Waals surface area contributed by atoms with E-state index >= 15 is 0 Å². The Balaban J connectivity index is 1.82. The van der Waals surface area contributed by atoms with E-state index in [1.54, 1.807) is 12.2 Å². The molecule has 6 unspecified atom stereocenters. The fraction of sp³-hybridized carbons (Fsp3) is 0.429. The third-order valence-electron chi connectivity index (χ3n) is 4.54. The normalized spacial score (nSPS) is 32.9. The molecule has 0 amide bonds. The Labute approximate surface area is 159 Å². The Kier molecular flexibility index (Phi) is 6.95. The van der Waals surface area contributed by atoms with Crippen LogP contribution in [-0.2, 0) is 18.9 Å². The van der Waals surface area contributed by atoms with Crippen molar-refractivity contribution in [1.82, 2.24) is 0 Å². The first-order valence-electron chi connectivity index (χ1n) is 9.05. The van der Waals surface area contributed by atoms with E-state index in [9.17, 15) is 10.2 Å². The molecule has 1 aromatic rings. The molecule has 6 heteroatoms. The fourth-order valence-corrected chi connectivity index (χ4v) is 3.26. The van der Waals surface area contributed by atoms with Gasteiger partial charge in [-0.05, 0) is 6.92 Å². The molecule has 0 saturated carbocycles. The summed E-state index contributed by atoms with van der Waals surface area (Å²) >= 11 is 0. The molecule has 0 spiro atoms. The van der Waals surface area contributed by atoms with Gasteiger partial charge in [-0.1, -0.05) is 61.2 Å². The first-order valence-corrected chi connectivity index (χ1v) is 9.05. The summed E-state index contributed by atoms with van der Waals surface area (Å²) in [6.45, 7) is 5.45. The van der Waals surface area contributed by atoms with Gasteiger partial charge in [0.2, 0.25) is 0 Å². The Morgan fingerprint density at radius 1 is 1.26 bits per heavy atom. The summed E-state index contributed by atoms with van der Waals surface area (Å²) in [5.41, 5.74) is 1.63. The number of benzene rings is 1. The van der Waals surface area contributed by atoms with E-state index in [2.05, 4.69) is 6.58 Å². The summed E-state index contributed by atoms with van der Waals surface area (Å²) < 4.78 is 23.9. The summed E-state index contributed by atoms with van der Waals surface area (Å²) in [6.07, 6.45) is 2.98. The molecule has 0 aliphatic carbocycles. The molecular formula is C21H26O6. The molecule has 0 radical (unpaired) electrons. The fourth-order valence-electron chi connectivity index (χ4n) is 3.26. The first kappa shape index (κ1) is 19.9. The van der Waals surface area contributed by atoms with Crippen molar-refractivity contribution in [3.05, 3.63) is 72.4 Å². The Bertz CT molecular complexity index is 671. The molecule has 2 fully saturated rings. The van der Waals surface area contributed by atoms with E-state index in [1.807, 2.05) is 49.4 Å².